The second-order valence-electron chi connectivity index (χ2n) is 7.07. The molecular formula is C19H29NO. The van der Waals surface area contributed by atoms with E-state index in [0.29, 0.717) is 6.04 Å². The van der Waals surface area contributed by atoms with Crippen LogP contribution in [-0.4, -0.2) is 18.8 Å². The van der Waals surface area contributed by atoms with Crippen LogP contribution in [0.2, 0.25) is 0 Å². The molecule has 2 unspecified atom stereocenters. The number of hydrogen-bond donors (Lipinski definition) is 1. The summed E-state index contributed by atoms with van der Waals surface area (Å²) >= 11 is 0. The third kappa shape index (κ3) is 3.87. The normalized spacial score (nSPS) is 28.6. The molecular weight excluding hydrogens is 258 g/mol. The van der Waals surface area contributed by atoms with Crippen molar-refractivity contribution in [1.29, 1.82) is 0 Å². The second kappa shape index (κ2) is 6.93. The van der Waals surface area contributed by atoms with Crippen molar-refractivity contribution in [2.45, 2.75) is 63.5 Å². The molecule has 2 fully saturated rings. The molecule has 1 aliphatic carbocycles. The van der Waals surface area contributed by atoms with Gasteiger partial charge in [0.25, 0.3) is 0 Å². The highest BCUT2D eigenvalue weighted by molar-refractivity contribution is 5.20. The summed E-state index contributed by atoms with van der Waals surface area (Å²) in [5, 5.41) is 3.86. The van der Waals surface area contributed by atoms with Gasteiger partial charge in [-0.1, -0.05) is 49.6 Å². The fourth-order valence-electron chi connectivity index (χ4n) is 3.99. The van der Waals surface area contributed by atoms with E-state index in [0.717, 1.165) is 19.1 Å². The molecule has 0 radical (unpaired) electrons. The minimum absolute atomic E-state index is 0.0434. The minimum Gasteiger partial charge on any atom is -0.374 e. The maximum Gasteiger partial charge on any atom is 0.0779 e. The molecule has 1 aromatic rings. The molecule has 1 heterocycles. The van der Waals surface area contributed by atoms with E-state index >= 15 is 0 Å². The Labute approximate surface area is 129 Å². The van der Waals surface area contributed by atoms with Gasteiger partial charge in [-0.2, -0.15) is 0 Å². The third-order valence-electron chi connectivity index (χ3n) is 5.28. The van der Waals surface area contributed by atoms with Crippen LogP contribution >= 0.6 is 0 Å². The Bertz CT molecular complexity index is 418. The molecule has 2 atom stereocenters. The molecule has 21 heavy (non-hydrogen) atoms. The zero-order valence-electron chi connectivity index (χ0n) is 13.3. The Hall–Kier alpha value is -0.860. The van der Waals surface area contributed by atoms with Crippen LogP contribution in [0.25, 0.3) is 0 Å². The van der Waals surface area contributed by atoms with Gasteiger partial charge in [-0.05, 0) is 44.1 Å². The van der Waals surface area contributed by atoms with E-state index in [2.05, 4.69) is 42.6 Å². The molecule has 1 N–H and O–H groups in total. The van der Waals surface area contributed by atoms with Crippen molar-refractivity contribution in [2.24, 2.45) is 5.92 Å². The van der Waals surface area contributed by atoms with Gasteiger partial charge in [0.15, 0.2) is 0 Å². The van der Waals surface area contributed by atoms with E-state index in [1.807, 2.05) is 0 Å². The summed E-state index contributed by atoms with van der Waals surface area (Å²) < 4.78 is 5.95. The van der Waals surface area contributed by atoms with Crippen molar-refractivity contribution >= 4 is 0 Å². The molecule has 1 saturated heterocycles. The fraction of sp³-hybridized carbons (Fsp3) is 0.684. The number of benzene rings is 1. The first-order valence-corrected chi connectivity index (χ1v) is 8.69. The monoisotopic (exact) mass is 287 g/mol. The number of nitrogens with one attached hydrogen (secondary N) is 1. The van der Waals surface area contributed by atoms with Crippen molar-refractivity contribution in [3.63, 3.8) is 0 Å². The smallest absolute Gasteiger partial charge is 0.0779 e. The van der Waals surface area contributed by atoms with Crippen LogP contribution in [0.4, 0.5) is 0 Å². The Morgan fingerprint density at radius 2 is 1.90 bits per heavy atom. The average molecular weight is 287 g/mol. The van der Waals surface area contributed by atoms with Crippen LogP contribution in [-0.2, 0) is 4.74 Å². The van der Waals surface area contributed by atoms with Gasteiger partial charge in [0.1, 0.15) is 0 Å². The predicted molar refractivity (Wildman–Crippen MR) is 87.4 cm³/mol. The van der Waals surface area contributed by atoms with E-state index < -0.39 is 0 Å². The van der Waals surface area contributed by atoms with Gasteiger partial charge in [0.2, 0.25) is 0 Å². The first kappa shape index (κ1) is 15.1. The highest BCUT2D eigenvalue weighted by Crippen LogP contribution is 2.35. The van der Waals surface area contributed by atoms with Crippen LogP contribution < -0.4 is 5.32 Å². The lowest BCUT2D eigenvalue weighted by Gasteiger charge is -2.34. The van der Waals surface area contributed by atoms with Crippen molar-refractivity contribution < 1.29 is 4.74 Å². The van der Waals surface area contributed by atoms with Crippen LogP contribution in [0, 0.1) is 5.92 Å². The molecule has 2 heteroatoms. The van der Waals surface area contributed by atoms with Gasteiger partial charge in [-0.15, -0.1) is 0 Å². The largest absolute Gasteiger partial charge is 0.374 e. The molecule has 1 aliphatic heterocycles. The Kier molecular flexibility index (Phi) is 4.97. The summed E-state index contributed by atoms with van der Waals surface area (Å²) in [5.41, 5.74) is 1.49. The lowest BCUT2D eigenvalue weighted by Crippen LogP contribution is -2.41. The van der Waals surface area contributed by atoms with E-state index in [-0.39, 0.29) is 5.60 Å². The average Bonchev–Trinajstić information content (AvgIpc) is 2.97. The molecule has 0 spiro atoms. The Morgan fingerprint density at radius 3 is 2.57 bits per heavy atom. The van der Waals surface area contributed by atoms with Crippen molar-refractivity contribution in [2.75, 3.05) is 13.2 Å². The maximum atomic E-state index is 5.95. The van der Waals surface area contributed by atoms with Gasteiger partial charge >= 0.3 is 0 Å². The van der Waals surface area contributed by atoms with E-state index in [4.69, 9.17) is 4.74 Å². The second-order valence-corrected chi connectivity index (χ2v) is 7.07. The number of ether oxygens (including phenoxy) is 1. The van der Waals surface area contributed by atoms with Gasteiger partial charge < -0.3 is 10.1 Å². The van der Waals surface area contributed by atoms with Crippen LogP contribution in [0.5, 0.6) is 0 Å². The zero-order chi connectivity index (χ0) is 14.5. The zero-order valence-corrected chi connectivity index (χ0v) is 13.3. The lowest BCUT2D eigenvalue weighted by molar-refractivity contribution is 0.0163. The van der Waals surface area contributed by atoms with E-state index in [9.17, 15) is 0 Å². The number of hydrogen-bond acceptors (Lipinski definition) is 2. The van der Waals surface area contributed by atoms with Gasteiger partial charge in [-0.25, -0.2) is 0 Å². The molecule has 3 rings (SSSR count). The molecule has 1 aromatic carbocycles. The summed E-state index contributed by atoms with van der Waals surface area (Å²) in [5.74, 6) is 0.783. The topological polar surface area (TPSA) is 21.3 Å². The van der Waals surface area contributed by atoms with Crippen molar-refractivity contribution in [1.82, 2.24) is 5.32 Å². The molecule has 0 amide bonds. The van der Waals surface area contributed by atoms with Gasteiger partial charge in [-0.3, -0.25) is 0 Å². The molecule has 0 aromatic heterocycles. The van der Waals surface area contributed by atoms with Crippen molar-refractivity contribution in [3.8, 4) is 0 Å². The van der Waals surface area contributed by atoms with E-state index in [1.54, 1.807) is 0 Å². The molecule has 2 nitrogen and oxygen atoms in total. The lowest BCUT2D eigenvalue weighted by atomic mass is 9.81. The maximum absolute atomic E-state index is 5.95. The van der Waals surface area contributed by atoms with Crippen LogP contribution in [0.3, 0.4) is 0 Å². The summed E-state index contributed by atoms with van der Waals surface area (Å²) in [7, 11) is 0. The molecule has 2 aliphatic rings. The van der Waals surface area contributed by atoms with Crippen molar-refractivity contribution in [3.05, 3.63) is 35.9 Å². The summed E-state index contributed by atoms with van der Waals surface area (Å²) in [6.07, 6.45) is 9.32. The van der Waals surface area contributed by atoms with Crippen LogP contribution in [0.1, 0.15) is 63.5 Å². The highest BCUT2D eigenvalue weighted by Gasteiger charge is 2.32. The quantitative estimate of drug-likeness (QED) is 0.863. The fourth-order valence-corrected chi connectivity index (χ4v) is 3.99. The number of rotatable bonds is 5. The summed E-state index contributed by atoms with van der Waals surface area (Å²) in [4.78, 5) is 0. The van der Waals surface area contributed by atoms with Gasteiger partial charge in [0.05, 0.1) is 5.60 Å². The van der Waals surface area contributed by atoms with Crippen LogP contribution in [0.15, 0.2) is 30.3 Å². The highest BCUT2D eigenvalue weighted by atomic mass is 16.5. The molecule has 116 valence electrons. The minimum atomic E-state index is 0.0434. The van der Waals surface area contributed by atoms with E-state index in [1.165, 1.54) is 50.5 Å². The molecule has 0 bridgehead atoms. The molecule has 1 saturated carbocycles. The standard InChI is InChI=1S/C19H29NO/c1-19(13-8-14-21-19)15-20-18(16-9-4-2-5-10-16)17-11-6-3-7-12-17/h2,4-5,9-10,17-18,20H,3,6-8,11-15H2,1H3. The Balaban J connectivity index is 1.69. The predicted octanol–water partition coefficient (Wildman–Crippen LogP) is 4.47. The first-order valence-electron chi connectivity index (χ1n) is 8.69. The Morgan fingerprint density at radius 1 is 1.14 bits per heavy atom. The van der Waals surface area contributed by atoms with Gasteiger partial charge in [0, 0.05) is 19.2 Å². The third-order valence-corrected chi connectivity index (χ3v) is 5.28. The summed E-state index contributed by atoms with van der Waals surface area (Å²) in [6, 6.07) is 11.5. The first-order chi connectivity index (χ1) is 10.3. The summed E-state index contributed by atoms with van der Waals surface area (Å²) in [6.45, 7) is 4.16. The SMILES string of the molecule is CC1(CNC(c2ccccc2)C2CCCCC2)CCCO1.